The van der Waals surface area contributed by atoms with E-state index < -0.39 is 0 Å². The van der Waals surface area contributed by atoms with Crippen LogP contribution < -0.4 is 0 Å². The zero-order valence-corrected chi connectivity index (χ0v) is 9.59. The zero-order chi connectivity index (χ0) is 10.3. The molecule has 0 bridgehead atoms. The molecule has 0 heterocycles. The molecule has 1 rings (SSSR count). The monoisotopic (exact) mass is 226 g/mol. The molecule has 0 saturated heterocycles. The topological polar surface area (TPSA) is 0 Å². The molecule has 0 heteroatoms. The minimum absolute atomic E-state index is 0. The molecule has 0 nitrogen and oxygen atoms in total. The fourth-order valence-corrected chi connectivity index (χ4v) is 1.09. The Labute approximate surface area is 105 Å². The van der Waals surface area contributed by atoms with E-state index in [-0.39, 0.29) is 22.3 Å². The summed E-state index contributed by atoms with van der Waals surface area (Å²) in [6.07, 6.45) is 1.19. The second-order valence-electron chi connectivity index (χ2n) is 3.60. The Morgan fingerprint density at radius 3 is 1.56 bits per heavy atom. The van der Waals surface area contributed by atoms with E-state index in [0.29, 0.717) is 5.41 Å². The van der Waals surface area contributed by atoms with Crippen molar-refractivity contribution in [3.05, 3.63) is 35.9 Å². The third kappa shape index (κ3) is 7.50. The largest absolute Gasteiger partial charge is 0.0776 e. The second-order valence-corrected chi connectivity index (χ2v) is 3.60. The van der Waals surface area contributed by atoms with Crippen molar-refractivity contribution in [3.8, 4) is 0 Å². The smallest absolute Gasteiger partial charge is 0.0106 e. The molecule has 98 valence electrons. The first kappa shape index (κ1) is 24.4. The molecule has 1 aromatic rings. The van der Waals surface area contributed by atoms with Gasteiger partial charge in [0.1, 0.15) is 0 Å². The molecular formula is C16H34. The Bertz CT molecular complexity index is 209. The van der Waals surface area contributed by atoms with Crippen LogP contribution in [0.5, 0.6) is 0 Å². The molecule has 1 aromatic carbocycles. The molecule has 0 aliphatic rings. The average molecular weight is 226 g/mol. The van der Waals surface area contributed by atoms with Crippen LogP contribution in [0.2, 0.25) is 0 Å². The summed E-state index contributed by atoms with van der Waals surface area (Å²) in [4.78, 5) is 0. The SMILES string of the molecule is C.C.C.CC.CCC(C)(C)c1ccccc1. The molecule has 0 saturated carbocycles. The number of hydrogen-bond donors (Lipinski definition) is 0. The van der Waals surface area contributed by atoms with E-state index >= 15 is 0 Å². The van der Waals surface area contributed by atoms with Gasteiger partial charge in [0.05, 0.1) is 0 Å². The van der Waals surface area contributed by atoms with E-state index in [1.54, 1.807) is 0 Å². The molecular weight excluding hydrogens is 192 g/mol. The van der Waals surface area contributed by atoms with Crippen molar-refractivity contribution >= 4 is 0 Å². The van der Waals surface area contributed by atoms with Crippen molar-refractivity contribution in [2.75, 3.05) is 0 Å². The Balaban J connectivity index is -0.000000136. The fourth-order valence-electron chi connectivity index (χ4n) is 1.09. The molecule has 16 heavy (non-hydrogen) atoms. The van der Waals surface area contributed by atoms with Gasteiger partial charge in [-0.25, -0.2) is 0 Å². The van der Waals surface area contributed by atoms with E-state index in [9.17, 15) is 0 Å². The Kier molecular flexibility index (Phi) is 18.8. The first-order chi connectivity index (χ1) is 6.17. The maximum absolute atomic E-state index is 2.28. The highest BCUT2D eigenvalue weighted by molar-refractivity contribution is 5.22. The summed E-state index contributed by atoms with van der Waals surface area (Å²) in [6.45, 7) is 10.8. The molecule has 0 atom stereocenters. The molecule has 0 radical (unpaired) electrons. The van der Waals surface area contributed by atoms with Gasteiger partial charge in [-0.15, -0.1) is 0 Å². The molecule has 0 amide bonds. The van der Waals surface area contributed by atoms with Crippen LogP contribution in [-0.4, -0.2) is 0 Å². The Hall–Kier alpha value is -0.780. The van der Waals surface area contributed by atoms with Gasteiger partial charge in [0, 0.05) is 0 Å². The molecule has 0 aliphatic heterocycles. The van der Waals surface area contributed by atoms with Crippen LogP contribution in [0.25, 0.3) is 0 Å². The third-order valence-electron chi connectivity index (χ3n) is 2.44. The van der Waals surface area contributed by atoms with Crippen LogP contribution in [0.1, 0.15) is 68.9 Å². The summed E-state index contributed by atoms with van der Waals surface area (Å²) in [5.41, 5.74) is 1.77. The minimum atomic E-state index is 0. The van der Waals surface area contributed by atoms with Crippen LogP contribution in [0.15, 0.2) is 30.3 Å². The van der Waals surface area contributed by atoms with E-state index in [1.807, 2.05) is 13.8 Å². The van der Waals surface area contributed by atoms with Crippen LogP contribution in [0, 0.1) is 0 Å². The zero-order valence-electron chi connectivity index (χ0n) is 9.59. The van der Waals surface area contributed by atoms with Gasteiger partial charge in [0.25, 0.3) is 0 Å². The maximum atomic E-state index is 2.28. The van der Waals surface area contributed by atoms with Crippen LogP contribution in [0.4, 0.5) is 0 Å². The summed E-state index contributed by atoms with van der Waals surface area (Å²) >= 11 is 0. The lowest BCUT2D eigenvalue weighted by atomic mass is 9.82. The highest BCUT2D eigenvalue weighted by Gasteiger charge is 2.16. The van der Waals surface area contributed by atoms with Gasteiger partial charge in [0.15, 0.2) is 0 Å². The van der Waals surface area contributed by atoms with Crippen molar-refractivity contribution in [2.24, 2.45) is 0 Å². The van der Waals surface area contributed by atoms with Crippen LogP contribution in [-0.2, 0) is 5.41 Å². The lowest BCUT2D eigenvalue weighted by Crippen LogP contribution is -2.14. The van der Waals surface area contributed by atoms with Gasteiger partial charge in [-0.2, -0.15) is 0 Å². The van der Waals surface area contributed by atoms with Gasteiger partial charge >= 0.3 is 0 Å². The number of rotatable bonds is 2. The van der Waals surface area contributed by atoms with Gasteiger partial charge in [-0.05, 0) is 17.4 Å². The summed E-state index contributed by atoms with van der Waals surface area (Å²) in [7, 11) is 0. The average Bonchev–Trinajstić information content (AvgIpc) is 2.22. The number of benzene rings is 1. The van der Waals surface area contributed by atoms with Crippen molar-refractivity contribution in [2.45, 2.75) is 68.7 Å². The standard InChI is InChI=1S/C11H16.C2H6.3CH4/c1-4-11(2,3)10-8-6-5-7-9-10;1-2;;;/h5-9H,4H2,1-3H3;1-2H3;3*1H4. The highest BCUT2D eigenvalue weighted by atomic mass is 14.2. The lowest BCUT2D eigenvalue weighted by molar-refractivity contribution is 0.506. The van der Waals surface area contributed by atoms with Crippen LogP contribution in [0.3, 0.4) is 0 Å². The first-order valence-corrected chi connectivity index (χ1v) is 5.22. The van der Waals surface area contributed by atoms with Gasteiger partial charge in [-0.3, -0.25) is 0 Å². The number of hydrogen-bond acceptors (Lipinski definition) is 0. The summed E-state index contributed by atoms with van der Waals surface area (Å²) < 4.78 is 0. The van der Waals surface area contributed by atoms with Gasteiger partial charge in [-0.1, -0.05) is 87.2 Å². The quantitative estimate of drug-likeness (QED) is 0.554. The fraction of sp³-hybridized carbons (Fsp3) is 0.625. The second kappa shape index (κ2) is 12.3. The van der Waals surface area contributed by atoms with E-state index in [4.69, 9.17) is 0 Å². The Morgan fingerprint density at radius 2 is 1.25 bits per heavy atom. The summed E-state index contributed by atoms with van der Waals surface area (Å²) in [5, 5.41) is 0. The molecule has 0 aliphatic carbocycles. The van der Waals surface area contributed by atoms with Gasteiger partial charge in [0.2, 0.25) is 0 Å². The van der Waals surface area contributed by atoms with Crippen molar-refractivity contribution in [1.29, 1.82) is 0 Å². The van der Waals surface area contributed by atoms with Crippen molar-refractivity contribution in [1.82, 2.24) is 0 Å². The highest BCUT2D eigenvalue weighted by Crippen LogP contribution is 2.25. The van der Waals surface area contributed by atoms with Gasteiger partial charge < -0.3 is 0 Å². The first-order valence-electron chi connectivity index (χ1n) is 5.22. The predicted molar refractivity (Wildman–Crippen MR) is 81.3 cm³/mol. The predicted octanol–water partition coefficient (Wildman–Crippen LogP) is 6.31. The molecule has 0 spiro atoms. The van der Waals surface area contributed by atoms with Crippen LogP contribution >= 0.6 is 0 Å². The lowest BCUT2D eigenvalue weighted by Gasteiger charge is -2.22. The van der Waals surface area contributed by atoms with Crippen molar-refractivity contribution < 1.29 is 0 Å². The van der Waals surface area contributed by atoms with Crippen molar-refractivity contribution in [3.63, 3.8) is 0 Å². The maximum Gasteiger partial charge on any atom is -0.0106 e. The normalized spacial score (nSPS) is 8.31. The molecule has 0 aromatic heterocycles. The summed E-state index contributed by atoms with van der Waals surface area (Å²) in [6, 6.07) is 10.7. The van der Waals surface area contributed by atoms with E-state index in [2.05, 4.69) is 51.1 Å². The summed E-state index contributed by atoms with van der Waals surface area (Å²) in [5.74, 6) is 0. The minimum Gasteiger partial charge on any atom is -0.0776 e. The molecule has 0 fully saturated rings. The van der Waals surface area contributed by atoms with E-state index in [1.165, 1.54) is 12.0 Å². The Morgan fingerprint density at radius 1 is 0.875 bits per heavy atom. The van der Waals surface area contributed by atoms with E-state index in [0.717, 1.165) is 0 Å². The third-order valence-corrected chi connectivity index (χ3v) is 2.44. The molecule has 0 unspecified atom stereocenters. The molecule has 0 N–H and O–H groups in total.